The minimum atomic E-state index is -0.223. The number of fused-ring (bicyclic) bond motifs is 1. The lowest BCUT2D eigenvalue weighted by Gasteiger charge is -2.35. The molecule has 2 N–H and O–H groups in total. The topological polar surface area (TPSA) is 64.8 Å². The average molecular weight is 278 g/mol. The summed E-state index contributed by atoms with van der Waals surface area (Å²) in [5.74, 6) is 0.514. The van der Waals surface area contributed by atoms with Crippen LogP contribution in [0.2, 0.25) is 0 Å². The molecule has 5 heteroatoms. The molecule has 1 atom stereocenters. The first kappa shape index (κ1) is 14.5. The van der Waals surface area contributed by atoms with Crippen molar-refractivity contribution < 1.29 is 14.3 Å². The number of anilines is 2. The van der Waals surface area contributed by atoms with Gasteiger partial charge < -0.3 is 20.1 Å². The first-order valence-corrected chi connectivity index (χ1v) is 7.00. The van der Waals surface area contributed by atoms with E-state index in [1.807, 2.05) is 30.9 Å². The fourth-order valence-corrected chi connectivity index (χ4v) is 2.27. The molecule has 1 aliphatic rings. The van der Waals surface area contributed by atoms with Crippen LogP contribution in [0.15, 0.2) is 18.2 Å². The number of esters is 1. The number of carbonyl (C=O) groups excluding carboxylic acids is 1. The first-order chi connectivity index (χ1) is 9.49. The van der Waals surface area contributed by atoms with Gasteiger partial charge in [0.05, 0.1) is 18.3 Å². The number of carbonyl (C=O) groups is 1. The van der Waals surface area contributed by atoms with Gasteiger partial charge in [-0.25, -0.2) is 0 Å². The maximum atomic E-state index is 11.9. The Hall–Kier alpha value is -1.91. The van der Waals surface area contributed by atoms with Crippen molar-refractivity contribution in [3.63, 3.8) is 0 Å². The fourth-order valence-electron chi connectivity index (χ4n) is 2.27. The van der Waals surface area contributed by atoms with Crippen molar-refractivity contribution in [1.82, 2.24) is 0 Å². The molecule has 0 bridgehead atoms. The summed E-state index contributed by atoms with van der Waals surface area (Å²) in [5.41, 5.74) is 7.34. The molecule has 0 fully saturated rings. The largest absolute Gasteiger partial charge is 0.486 e. The van der Waals surface area contributed by atoms with Gasteiger partial charge in [-0.1, -0.05) is 6.92 Å². The molecule has 2 rings (SSSR count). The van der Waals surface area contributed by atoms with E-state index in [-0.39, 0.29) is 24.7 Å². The molecule has 0 spiro atoms. The van der Waals surface area contributed by atoms with Crippen LogP contribution in [0, 0.1) is 0 Å². The smallest absolute Gasteiger partial charge is 0.325 e. The standard InChI is InChI=1S/C15H22N2O3/c1-4-12-8-17(9-15(18)19-10(2)3)13-6-5-11(16)7-14(13)20-12/h5-7,10,12H,4,8-9,16H2,1-3H3. The van der Waals surface area contributed by atoms with E-state index < -0.39 is 0 Å². The lowest BCUT2D eigenvalue weighted by molar-refractivity contribution is -0.145. The van der Waals surface area contributed by atoms with Gasteiger partial charge in [-0.15, -0.1) is 0 Å². The van der Waals surface area contributed by atoms with Crippen molar-refractivity contribution in [2.24, 2.45) is 0 Å². The zero-order valence-corrected chi connectivity index (χ0v) is 12.3. The summed E-state index contributed by atoms with van der Waals surface area (Å²) in [6.45, 7) is 6.67. The third kappa shape index (κ3) is 3.35. The zero-order chi connectivity index (χ0) is 14.7. The number of benzene rings is 1. The van der Waals surface area contributed by atoms with Crippen LogP contribution in [0.4, 0.5) is 11.4 Å². The van der Waals surface area contributed by atoms with Crippen LogP contribution >= 0.6 is 0 Å². The molecule has 1 heterocycles. The van der Waals surface area contributed by atoms with Gasteiger partial charge >= 0.3 is 5.97 Å². The summed E-state index contributed by atoms with van der Waals surface area (Å²) < 4.78 is 11.1. The van der Waals surface area contributed by atoms with Crippen LogP contribution in [0.1, 0.15) is 27.2 Å². The van der Waals surface area contributed by atoms with E-state index in [0.29, 0.717) is 12.2 Å². The number of hydrogen-bond donors (Lipinski definition) is 1. The fraction of sp³-hybridized carbons (Fsp3) is 0.533. The number of ether oxygens (including phenoxy) is 2. The molecule has 0 aromatic heterocycles. The Bertz CT molecular complexity index is 488. The maximum absolute atomic E-state index is 11.9. The number of hydrogen-bond acceptors (Lipinski definition) is 5. The van der Waals surface area contributed by atoms with Gasteiger partial charge in [0.15, 0.2) is 0 Å². The number of nitrogens with two attached hydrogens (primary N) is 1. The number of nitrogen functional groups attached to an aromatic ring is 1. The maximum Gasteiger partial charge on any atom is 0.325 e. The minimum absolute atomic E-state index is 0.0659. The average Bonchev–Trinajstić information content (AvgIpc) is 2.36. The molecule has 1 aromatic carbocycles. The van der Waals surface area contributed by atoms with Gasteiger partial charge in [0.25, 0.3) is 0 Å². The van der Waals surface area contributed by atoms with Gasteiger partial charge in [0.2, 0.25) is 0 Å². The molecule has 5 nitrogen and oxygen atoms in total. The third-order valence-electron chi connectivity index (χ3n) is 3.18. The predicted molar refractivity (Wildman–Crippen MR) is 79.0 cm³/mol. The Morgan fingerprint density at radius 2 is 2.30 bits per heavy atom. The third-order valence-corrected chi connectivity index (χ3v) is 3.18. The molecule has 1 aromatic rings. The van der Waals surface area contributed by atoms with Crippen molar-refractivity contribution in [3.05, 3.63) is 18.2 Å². The monoisotopic (exact) mass is 278 g/mol. The van der Waals surface area contributed by atoms with Crippen molar-refractivity contribution in [2.75, 3.05) is 23.7 Å². The number of nitrogens with zero attached hydrogens (tertiary/aromatic N) is 1. The Morgan fingerprint density at radius 3 is 2.95 bits per heavy atom. The lowest BCUT2D eigenvalue weighted by Crippen LogP contribution is -2.43. The van der Waals surface area contributed by atoms with E-state index >= 15 is 0 Å². The predicted octanol–water partition coefficient (Wildman–Crippen LogP) is 2.20. The molecule has 20 heavy (non-hydrogen) atoms. The van der Waals surface area contributed by atoms with Crippen molar-refractivity contribution in [3.8, 4) is 5.75 Å². The molecule has 0 saturated carbocycles. The minimum Gasteiger partial charge on any atom is -0.486 e. The SMILES string of the molecule is CCC1CN(CC(=O)OC(C)C)c2ccc(N)cc2O1. The molecule has 1 aliphatic heterocycles. The molecule has 0 amide bonds. The van der Waals surface area contributed by atoms with E-state index in [2.05, 4.69) is 6.92 Å². The molecule has 110 valence electrons. The van der Waals surface area contributed by atoms with E-state index in [1.165, 1.54) is 0 Å². The van der Waals surface area contributed by atoms with Crippen molar-refractivity contribution >= 4 is 17.3 Å². The molecular formula is C15H22N2O3. The van der Waals surface area contributed by atoms with Crippen LogP contribution < -0.4 is 15.4 Å². The molecule has 0 aliphatic carbocycles. The van der Waals surface area contributed by atoms with Gasteiger partial charge in [-0.2, -0.15) is 0 Å². The molecule has 0 saturated heterocycles. The van der Waals surface area contributed by atoms with Crippen LogP contribution in [0.3, 0.4) is 0 Å². The second-order valence-electron chi connectivity index (χ2n) is 5.29. The van der Waals surface area contributed by atoms with Gasteiger partial charge in [-0.3, -0.25) is 4.79 Å². The van der Waals surface area contributed by atoms with Crippen molar-refractivity contribution in [1.29, 1.82) is 0 Å². The van der Waals surface area contributed by atoms with Gasteiger partial charge in [0.1, 0.15) is 18.4 Å². The van der Waals surface area contributed by atoms with E-state index in [0.717, 1.165) is 17.9 Å². The molecule has 0 radical (unpaired) electrons. The Kier molecular flexibility index (Phi) is 4.37. The highest BCUT2D eigenvalue weighted by molar-refractivity contribution is 5.78. The second-order valence-corrected chi connectivity index (χ2v) is 5.29. The Morgan fingerprint density at radius 1 is 1.55 bits per heavy atom. The van der Waals surface area contributed by atoms with Gasteiger partial charge in [-0.05, 0) is 32.4 Å². The van der Waals surface area contributed by atoms with E-state index in [9.17, 15) is 4.79 Å². The Balaban J connectivity index is 2.18. The highest BCUT2D eigenvalue weighted by atomic mass is 16.5. The lowest BCUT2D eigenvalue weighted by atomic mass is 10.1. The number of rotatable bonds is 4. The molecule has 1 unspecified atom stereocenters. The molecular weight excluding hydrogens is 256 g/mol. The van der Waals surface area contributed by atoms with E-state index in [4.69, 9.17) is 15.2 Å². The first-order valence-electron chi connectivity index (χ1n) is 7.00. The second kappa shape index (κ2) is 6.03. The summed E-state index contributed by atoms with van der Waals surface area (Å²) in [4.78, 5) is 13.9. The highest BCUT2D eigenvalue weighted by Gasteiger charge is 2.26. The summed E-state index contributed by atoms with van der Waals surface area (Å²) in [5, 5.41) is 0. The normalized spacial score (nSPS) is 17.6. The van der Waals surface area contributed by atoms with Crippen LogP contribution in [0.5, 0.6) is 5.75 Å². The van der Waals surface area contributed by atoms with Crippen LogP contribution in [-0.2, 0) is 9.53 Å². The van der Waals surface area contributed by atoms with Crippen LogP contribution in [0.25, 0.3) is 0 Å². The van der Waals surface area contributed by atoms with Crippen LogP contribution in [-0.4, -0.2) is 31.3 Å². The quantitative estimate of drug-likeness (QED) is 0.675. The summed E-state index contributed by atoms with van der Waals surface area (Å²) >= 11 is 0. The Labute approximate surface area is 119 Å². The van der Waals surface area contributed by atoms with E-state index in [1.54, 1.807) is 6.07 Å². The summed E-state index contributed by atoms with van der Waals surface area (Å²) in [6, 6.07) is 5.51. The van der Waals surface area contributed by atoms with Gasteiger partial charge in [0, 0.05) is 11.8 Å². The van der Waals surface area contributed by atoms with Crippen molar-refractivity contribution in [2.45, 2.75) is 39.4 Å². The zero-order valence-electron chi connectivity index (χ0n) is 12.3. The summed E-state index contributed by atoms with van der Waals surface area (Å²) in [6.07, 6.45) is 0.844. The highest BCUT2D eigenvalue weighted by Crippen LogP contribution is 2.35. The summed E-state index contributed by atoms with van der Waals surface area (Å²) in [7, 11) is 0.